The Morgan fingerprint density at radius 1 is 1.44 bits per heavy atom. The van der Waals surface area contributed by atoms with Crippen molar-refractivity contribution in [3.05, 3.63) is 42.7 Å². The molecule has 0 spiro atoms. The van der Waals surface area contributed by atoms with Crippen LogP contribution in [0.25, 0.3) is 0 Å². The van der Waals surface area contributed by atoms with Gasteiger partial charge in [-0.05, 0) is 24.6 Å². The van der Waals surface area contributed by atoms with Crippen molar-refractivity contribution >= 4 is 16.5 Å². The van der Waals surface area contributed by atoms with Crippen LogP contribution in [0.1, 0.15) is 6.42 Å². The predicted octanol–water partition coefficient (Wildman–Crippen LogP) is 1.80. The Labute approximate surface area is 107 Å². The monoisotopic (exact) mass is 267 g/mol. The van der Waals surface area contributed by atoms with Crippen molar-refractivity contribution in [2.75, 3.05) is 11.5 Å². The summed E-state index contributed by atoms with van der Waals surface area (Å²) in [7, 11) is -1.19. The molecule has 0 radical (unpaired) electrons. The molecular formula is C12H14FN3OS. The van der Waals surface area contributed by atoms with Crippen molar-refractivity contribution < 1.29 is 8.60 Å². The first-order chi connectivity index (χ1) is 8.66. The van der Waals surface area contributed by atoms with Gasteiger partial charge in [0.25, 0.3) is 0 Å². The van der Waals surface area contributed by atoms with Gasteiger partial charge in [-0.1, -0.05) is 0 Å². The lowest BCUT2D eigenvalue weighted by atomic mass is 10.3. The molecule has 1 aromatic carbocycles. The van der Waals surface area contributed by atoms with Crippen LogP contribution in [0.2, 0.25) is 0 Å². The number of benzene rings is 1. The molecule has 4 nitrogen and oxygen atoms in total. The molecule has 0 saturated carbocycles. The topological polar surface area (TPSA) is 60.9 Å². The summed E-state index contributed by atoms with van der Waals surface area (Å²) < 4.78 is 26.8. The van der Waals surface area contributed by atoms with Gasteiger partial charge in [-0.25, -0.2) is 9.37 Å². The lowest BCUT2D eigenvalue weighted by Gasteiger charge is -2.06. The van der Waals surface area contributed by atoms with Gasteiger partial charge >= 0.3 is 0 Å². The molecule has 96 valence electrons. The van der Waals surface area contributed by atoms with Gasteiger partial charge in [0.1, 0.15) is 5.82 Å². The third-order valence-electron chi connectivity index (χ3n) is 2.52. The largest absolute Gasteiger partial charge is 0.398 e. The fourth-order valence-corrected chi connectivity index (χ4v) is 2.79. The van der Waals surface area contributed by atoms with Crippen LogP contribution in [-0.4, -0.2) is 19.5 Å². The second-order valence-corrected chi connectivity index (χ2v) is 5.42. The number of aromatic nitrogens is 2. The number of anilines is 1. The number of halogens is 1. The second-order valence-electron chi connectivity index (χ2n) is 3.89. The number of imidazole rings is 1. The van der Waals surface area contributed by atoms with Crippen LogP contribution in [-0.2, 0) is 17.3 Å². The van der Waals surface area contributed by atoms with Crippen LogP contribution in [0.15, 0.2) is 41.8 Å². The first-order valence-corrected chi connectivity index (χ1v) is 6.88. The Bertz CT molecular complexity index is 542. The first-order valence-electron chi connectivity index (χ1n) is 5.56. The molecule has 18 heavy (non-hydrogen) atoms. The van der Waals surface area contributed by atoms with Gasteiger partial charge in [0, 0.05) is 24.7 Å². The van der Waals surface area contributed by atoms with Gasteiger partial charge in [-0.3, -0.25) is 4.21 Å². The summed E-state index contributed by atoms with van der Waals surface area (Å²) >= 11 is 0. The molecule has 0 aliphatic heterocycles. The van der Waals surface area contributed by atoms with E-state index in [1.54, 1.807) is 12.5 Å². The van der Waals surface area contributed by atoms with Gasteiger partial charge in [0.15, 0.2) is 0 Å². The minimum absolute atomic E-state index is 0.246. The summed E-state index contributed by atoms with van der Waals surface area (Å²) in [5.41, 5.74) is 5.89. The van der Waals surface area contributed by atoms with Crippen LogP contribution in [0.5, 0.6) is 0 Å². The number of nitrogens with two attached hydrogens (primary N) is 1. The van der Waals surface area contributed by atoms with E-state index in [1.165, 1.54) is 18.2 Å². The highest BCUT2D eigenvalue weighted by atomic mass is 32.2. The minimum Gasteiger partial charge on any atom is -0.398 e. The second kappa shape index (κ2) is 5.77. The first kappa shape index (κ1) is 12.8. The number of rotatable bonds is 5. The Kier molecular flexibility index (Phi) is 4.09. The van der Waals surface area contributed by atoms with E-state index in [1.807, 2.05) is 10.8 Å². The number of nitrogens with zero attached hydrogens (tertiary/aromatic N) is 2. The standard InChI is InChI=1S/C12H14FN3OS/c13-10-2-3-12(11(14)8-10)18(17)7-1-5-16-6-4-15-9-16/h2-4,6,8-9H,1,5,7,14H2. The molecule has 1 unspecified atom stereocenters. The van der Waals surface area contributed by atoms with E-state index in [9.17, 15) is 8.60 Å². The van der Waals surface area contributed by atoms with E-state index in [2.05, 4.69) is 4.98 Å². The van der Waals surface area contributed by atoms with Crippen molar-refractivity contribution in [1.29, 1.82) is 0 Å². The quantitative estimate of drug-likeness (QED) is 0.840. The average Bonchev–Trinajstić information content (AvgIpc) is 2.81. The zero-order valence-corrected chi connectivity index (χ0v) is 10.6. The fourth-order valence-electron chi connectivity index (χ4n) is 1.63. The molecule has 1 atom stereocenters. The summed E-state index contributed by atoms with van der Waals surface area (Å²) in [6.45, 7) is 0.757. The molecule has 0 aliphatic rings. The molecule has 0 bridgehead atoms. The van der Waals surface area contributed by atoms with Crippen LogP contribution in [0, 0.1) is 5.82 Å². The van der Waals surface area contributed by atoms with Gasteiger partial charge in [0.2, 0.25) is 0 Å². The maximum absolute atomic E-state index is 12.9. The van der Waals surface area contributed by atoms with E-state index < -0.39 is 16.6 Å². The molecule has 1 heterocycles. The molecule has 0 saturated heterocycles. The van der Waals surface area contributed by atoms with E-state index >= 15 is 0 Å². The average molecular weight is 267 g/mol. The van der Waals surface area contributed by atoms with E-state index in [4.69, 9.17) is 5.73 Å². The van der Waals surface area contributed by atoms with E-state index in [-0.39, 0.29) is 5.69 Å². The van der Waals surface area contributed by atoms with Crippen LogP contribution in [0.4, 0.5) is 10.1 Å². The molecule has 6 heteroatoms. The van der Waals surface area contributed by atoms with Gasteiger partial charge in [-0.2, -0.15) is 0 Å². The van der Waals surface area contributed by atoms with Gasteiger partial charge < -0.3 is 10.3 Å². The number of hydrogen-bond donors (Lipinski definition) is 1. The van der Waals surface area contributed by atoms with Crippen LogP contribution >= 0.6 is 0 Å². The van der Waals surface area contributed by atoms with Crippen molar-refractivity contribution in [1.82, 2.24) is 9.55 Å². The van der Waals surface area contributed by atoms with Gasteiger partial charge in [-0.15, -0.1) is 0 Å². The predicted molar refractivity (Wildman–Crippen MR) is 68.9 cm³/mol. The Morgan fingerprint density at radius 3 is 2.94 bits per heavy atom. The third kappa shape index (κ3) is 3.16. The number of nitrogen functional groups attached to an aromatic ring is 1. The third-order valence-corrected chi connectivity index (χ3v) is 4.04. The van der Waals surface area contributed by atoms with E-state index in [0.717, 1.165) is 13.0 Å². The molecule has 0 fully saturated rings. The molecule has 2 N–H and O–H groups in total. The summed E-state index contributed by atoms with van der Waals surface area (Å²) in [6, 6.07) is 3.96. The maximum atomic E-state index is 12.9. The SMILES string of the molecule is Nc1cc(F)ccc1S(=O)CCCn1ccnc1. The molecule has 2 aromatic rings. The molecule has 2 rings (SSSR count). The zero-order chi connectivity index (χ0) is 13.0. The maximum Gasteiger partial charge on any atom is 0.125 e. The number of aryl methyl sites for hydroxylation is 1. The molecule has 1 aromatic heterocycles. The molecule has 0 aliphatic carbocycles. The van der Waals surface area contributed by atoms with Crippen molar-refractivity contribution in [3.8, 4) is 0 Å². The highest BCUT2D eigenvalue weighted by Gasteiger charge is 2.08. The molecular weight excluding hydrogens is 253 g/mol. The lowest BCUT2D eigenvalue weighted by molar-refractivity contribution is 0.627. The normalized spacial score (nSPS) is 12.5. The Hall–Kier alpha value is -1.69. The van der Waals surface area contributed by atoms with Crippen LogP contribution < -0.4 is 5.73 Å². The highest BCUT2D eigenvalue weighted by molar-refractivity contribution is 7.85. The summed E-state index contributed by atoms with van der Waals surface area (Å²) in [5, 5.41) is 0. The van der Waals surface area contributed by atoms with Crippen molar-refractivity contribution in [3.63, 3.8) is 0 Å². The number of hydrogen-bond acceptors (Lipinski definition) is 3. The highest BCUT2D eigenvalue weighted by Crippen LogP contribution is 2.18. The van der Waals surface area contributed by atoms with Crippen molar-refractivity contribution in [2.45, 2.75) is 17.9 Å². The van der Waals surface area contributed by atoms with Gasteiger partial charge in [0.05, 0.1) is 27.7 Å². The van der Waals surface area contributed by atoms with Crippen molar-refractivity contribution in [2.24, 2.45) is 0 Å². The summed E-state index contributed by atoms with van der Waals surface area (Å²) in [6.07, 6.45) is 6.03. The Morgan fingerprint density at radius 2 is 2.28 bits per heavy atom. The molecule has 0 amide bonds. The van der Waals surface area contributed by atoms with Crippen LogP contribution in [0.3, 0.4) is 0 Å². The minimum atomic E-state index is -1.19. The fraction of sp³-hybridized carbons (Fsp3) is 0.250. The lowest BCUT2D eigenvalue weighted by Crippen LogP contribution is -2.05. The zero-order valence-electron chi connectivity index (χ0n) is 9.75. The van der Waals surface area contributed by atoms with E-state index in [0.29, 0.717) is 10.6 Å². The smallest absolute Gasteiger partial charge is 0.125 e. The Balaban J connectivity index is 1.91. The summed E-state index contributed by atoms with van der Waals surface area (Å²) in [4.78, 5) is 4.43. The summed E-state index contributed by atoms with van der Waals surface area (Å²) in [5.74, 6) is 0.0836.